The molecular formula is C33H39F4N5O3. The highest BCUT2D eigenvalue weighted by Gasteiger charge is 2.46. The van der Waals surface area contributed by atoms with Gasteiger partial charge in [0.25, 0.3) is 5.91 Å². The number of halogens is 4. The molecule has 2 aromatic carbocycles. The molecule has 2 fully saturated rings. The summed E-state index contributed by atoms with van der Waals surface area (Å²) in [4.78, 5) is 31.7. The molecule has 2 heterocycles. The predicted octanol–water partition coefficient (Wildman–Crippen LogP) is 6.57. The van der Waals surface area contributed by atoms with Crippen LogP contribution >= 0.6 is 0 Å². The fourth-order valence-electron chi connectivity index (χ4n) is 5.81. The van der Waals surface area contributed by atoms with E-state index in [2.05, 4.69) is 10.3 Å². The summed E-state index contributed by atoms with van der Waals surface area (Å²) in [6.45, 7) is 7.19. The Bertz CT molecular complexity index is 1650. The van der Waals surface area contributed by atoms with Gasteiger partial charge in [-0.15, -0.1) is 4.99 Å². The van der Waals surface area contributed by atoms with Crippen molar-refractivity contribution >= 4 is 17.7 Å². The number of amides is 2. The molecule has 1 saturated heterocycles. The molecule has 2 aliphatic rings. The second kappa shape index (κ2) is 12.4. The van der Waals surface area contributed by atoms with Gasteiger partial charge in [-0.05, 0) is 100 Å². The number of aryl methyl sites for hydroxylation is 2. The van der Waals surface area contributed by atoms with E-state index in [0.717, 1.165) is 18.4 Å². The van der Waals surface area contributed by atoms with Crippen molar-refractivity contribution in [1.82, 2.24) is 14.5 Å². The molecule has 2 amide bonds. The number of alkyl halides is 3. The summed E-state index contributed by atoms with van der Waals surface area (Å²) < 4.78 is 64.7. The normalized spacial score (nSPS) is 18.3. The van der Waals surface area contributed by atoms with E-state index in [9.17, 15) is 27.2 Å². The highest BCUT2D eigenvalue weighted by molar-refractivity contribution is 5.95. The van der Waals surface area contributed by atoms with Crippen molar-refractivity contribution < 1.29 is 31.9 Å². The van der Waals surface area contributed by atoms with Crippen molar-refractivity contribution in [2.75, 3.05) is 11.4 Å². The number of carbonyl (C=O) groups excluding carboxylic acids is 2. The number of carbonyl (C=O) groups is 2. The molecule has 12 heteroatoms. The van der Waals surface area contributed by atoms with Crippen molar-refractivity contribution in [3.8, 4) is 0 Å². The molecular weight excluding hydrogens is 590 g/mol. The number of hydrogen-bond acceptors (Lipinski definition) is 4. The van der Waals surface area contributed by atoms with E-state index in [-0.39, 0.29) is 48.5 Å². The van der Waals surface area contributed by atoms with Crippen LogP contribution in [-0.2, 0) is 18.3 Å². The highest BCUT2D eigenvalue weighted by Crippen LogP contribution is 2.42. The molecule has 8 nitrogen and oxygen atoms in total. The first-order valence-corrected chi connectivity index (χ1v) is 15.1. The molecule has 0 radical (unpaired) electrons. The molecule has 2 atom stereocenters. The van der Waals surface area contributed by atoms with Crippen LogP contribution in [0.25, 0.3) is 0 Å². The third kappa shape index (κ3) is 7.77. The van der Waals surface area contributed by atoms with Crippen LogP contribution in [0.4, 0.5) is 28.0 Å². The van der Waals surface area contributed by atoms with Crippen LogP contribution in [0, 0.1) is 18.7 Å². The fraction of sp³-hybridized carbons (Fsp3) is 0.485. The standard InChI is InChI=1S/C33H39F4N5O3/c1-20-15-23(10-11-26(20)34)28(22-8-9-22)38-29(43)24-16-21(17-25(18-24)42-12-6-7-27(42)33(35,36)37)19-41-14-13-40(5)30(41)39-31(44)45-32(2,3)4/h10-11,13-18,22,27-28H,6-9,12,19H2,1-5H3,(H,38,43)/b39-30+/t27-,28+/m1/s1. The first-order valence-electron chi connectivity index (χ1n) is 15.1. The third-order valence-electron chi connectivity index (χ3n) is 8.10. The number of imidazole rings is 1. The molecule has 1 aliphatic heterocycles. The van der Waals surface area contributed by atoms with E-state index >= 15 is 0 Å². The fourth-order valence-corrected chi connectivity index (χ4v) is 5.81. The van der Waals surface area contributed by atoms with Crippen LogP contribution in [0.2, 0.25) is 0 Å². The summed E-state index contributed by atoms with van der Waals surface area (Å²) in [5.41, 5.74) is 1.84. The second-order valence-corrected chi connectivity index (χ2v) is 13.0. The smallest absolute Gasteiger partial charge is 0.437 e. The van der Waals surface area contributed by atoms with E-state index in [1.54, 1.807) is 80.5 Å². The van der Waals surface area contributed by atoms with Gasteiger partial charge in [-0.1, -0.05) is 12.1 Å². The first kappa shape index (κ1) is 32.3. The molecule has 0 unspecified atom stereocenters. The zero-order valence-electron chi connectivity index (χ0n) is 26.1. The highest BCUT2D eigenvalue weighted by atomic mass is 19.4. The van der Waals surface area contributed by atoms with Crippen molar-refractivity contribution in [2.45, 2.75) is 83.8 Å². The maximum Gasteiger partial charge on any atom is 0.437 e. The third-order valence-corrected chi connectivity index (χ3v) is 8.10. The summed E-state index contributed by atoms with van der Waals surface area (Å²) in [6.07, 6.45) is 0.338. The van der Waals surface area contributed by atoms with Gasteiger partial charge in [0.05, 0.1) is 12.6 Å². The van der Waals surface area contributed by atoms with Crippen molar-refractivity contribution in [1.29, 1.82) is 0 Å². The van der Waals surface area contributed by atoms with Gasteiger partial charge in [-0.2, -0.15) is 13.2 Å². The number of nitrogens with one attached hydrogen (secondary N) is 1. The van der Waals surface area contributed by atoms with Gasteiger partial charge < -0.3 is 24.1 Å². The molecule has 45 heavy (non-hydrogen) atoms. The number of nitrogens with zero attached hydrogens (tertiary/aromatic N) is 4. The monoisotopic (exact) mass is 629 g/mol. The first-order chi connectivity index (χ1) is 21.1. The average Bonchev–Trinajstić information content (AvgIpc) is 3.55. The van der Waals surface area contributed by atoms with Crippen LogP contribution in [-0.4, -0.2) is 45.5 Å². The number of benzene rings is 2. The Kier molecular flexibility index (Phi) is 8.88. The molecule has 1 aromatic heterocycles. The minimum Gasteiger partial charge on any atom is -0.442 e. The molecule has 1 saturated carbocycles. The predicted molar refractivity (Wildman–Crippen MR) is 161 cm³/mol. The van der Waals surface area contributed by atoms with E-state index in [0.29, 0.717) is 23.2 Å². The Labute approximate surface area is 259 Å². The number of anilines is 1. The average molecular weight is 630 g/mol. The maximum atomic E-state index is 14.0. The van der Waals surface area contributed by atoms with Crippen LogP contribution in [0.5, 0.6) is 0 Å². The van der Waals surface area contributed by atoms with E-state index in [1.807, 2.05) is 0 Å². The zero-order chi connectivity index (χ0) is 32.7. The Morgan fingerprint density at radius 2 is 1.80 bits per heavy atom. The van der Waals surface area contributed by atoms with E-state index < -0.39 is 29.8 Å². The van der Waals surface area contributed by atoms with Gasteiger partial charge in [0.2, 0.25) is 5.62 Å². The van der Waals surface area contributed by atoms with Gasteiger partial charge in [-0.25, -0.2) is 9.18 Å². The quantitative estimate of drug-likeness (QED) is 0.300. The molecule has 0 bridgehead atoms. The summed E-state index contributed by atoms with van der Waals surface area (Å²) in [6, 6.07) is 7.55. The molecule has 0 spiro atoms. The van der Waals surface area contributed by atoms with Crippen molar-refractivity contribution in [2.24, 2.45) is 18.0 Å². The second-order valence-electron chi connectivity index (χ2n) is 13.0. The lowest BCUT2D eigenvalue weighted by Crippen LogP contribution is -2.41. The lowest BCUT2D eigenvalue weighted by molar-refractivity contribution is -0.145. The molecule has 1 aliphatic carbocycles. The van der Waals surface area contributed by atoms with Gasteiger partial charge in [0.15, 0.2) is 0 Å². The molecule has 3 aromatic rings. The van der Waals surface area contributed by atoms with Gasteiger partial charge in [0.1, 0.15) is 17.5 Å². The number of ether oxygens (including phenoxy) is 1. The van der Waals surface area contributed by atoms with Gasteiger partial charge >= 0.3 is 12.3 Å². The Hall–Kier alpha value is -4.09. The van der Waals surface area contributed by atoms with E-state index in [1.165, 1.54) is 17.0 Å². The number of aromatic nitrogens is 2. The van der Waals surface area contributed by atoms with Crippen molar-refractivity contribution in [3.63, 3.8) is 0 Å². The summed E-state index contributed by atoms with van der Waals surface area (Å²) in [7, 11) is 1.71. The molecule has 5 rings (SSSR count). The SMILES string of the molecule is Cc1cc([C@@H](NC(=O)c2cc(Cn3ccn(C)/c3=N\C(=O)OC(C)(C)C)cc(N3CCC[C@@H]3C(F)(F)F)c2)C2CC2)ccc1F. The lowest BCUT2D eigenvalue weighted by Gasteiger charge is -2.29. The number of hydrogen-bond donors (Lipinski definition) is 1. The van der Waals surface area contributed by atoms with Crippen LogP contribution < -0.4 is 15.8 Å². The maximum absolute atomic E-state index is 14.0. The van der Waals surface area contributed by atoms with Crippen LogP contribution in [0.1, 0.15) is 79.5 Å². The summed E-state index contributed by atoms with van der Waals surface area (Å²) >= 11 is 0. The Morgan fingerprint density at radius 1 is 1.07 bits per heavy atom. The van der Waals surface area contributed by atoms with Crippen molar-refractivity contribution in [3.05, 3.63) is 82.5 Å². The molecule has 1 N–H and O–H groups in total. The summed E-state index contributed by atoms with van der Waals surface area (Å²) in [5, 5.41) is 3.08. The van der Waals surface area contributed by atoms with Crippen LogP contribution in [0.15, 0.2) is 53.8 Å². The van der Waals surface area contributed by atoms with Gasteiger partial charge in [0, 0.05) is 37.2 Å². The minimum absolute atomic E-state index is 0.0325. The largest absolute Gasteiger partial charge is 0.442 e. The number of rotatable bonds is 7. The van der Waals surface area contributed by atoms with E-state index in [4.69, 9.17) is 4.74 Å². The molecule has 242 valence electrons. The van der Waals surface area contributed by atoms with Gasteiger partial charge in [-0.3, -0.25) is 4.79 Å². The Balaban J connectivity index is 1.51. The lowest BCUT2D eigenvalue weighted by atomic mass is 9.99. The zero-order valence-corrected chi connectivity index (χ0v) is 26.1. The van der Waals surface area contributed by atoms with Crippen LogP contribution in [0.3, 0.4) is 0 Å². The topological polar surface area (TPSA) is 80.9 Å². The summed E-state index contributed by atoms with van der Waals surface area (Å²) in [5.74, 6) is -0.582. The minimum atomic E-state index is -4.43. The Morgan fingerprint density at radius 3 is 2.44 bits per heavy atom.